The van der Waals surface area contributed by atoms with E-state index in [1.807, 2.05) is 20.8 Å². The van der Waals surface area contributed by atoms with Crippen LogP contribution < -0.4 is 5.32 Å². The van der Waals surface area contributed by atoms with Crippen LogP contribution in [0.4, 0.5) is 4.79 Å². The first-order valence-electron chi connectivity index (χ1n) is 9.33. The quantitative estimate of drug-likeness (QED) is 0.853. The summed E-state index contributed by atoms with van der Waals surface area (Å²) in [6, 6.07) is 0. The second kappa shape index (κ2) is 8.70. The average molecular weight is 339 g/mol. The molecule has 1 N–H and O–H groups in total. The fraction of sp³-hybridized carbons (Fsp3) is 0.889. The van der Waals surface area contributed by atoms with E-state index < -0.39 is 5.60 Å². The summed E-state index contributed by atoms with van der Waals surface area (Å²) in [6.07, 6.45) is 5.50. The summed E-state index contributed by atoms with van der Waals surface area (Å²) in [5, 5.41) is 3.08. The van der Waals surface area contributed by atoms with Crippen LogP contribution in [0.5, 0.6) is 0 Å². The highest BCUT2D eigenvalue weighted by molar-refractivity contribution is 5.78. The third-order valence-corrected chi connectivity index (χ3v) is 4.73. The van der Waals surface area contributed by atoms with Gasteiger partial charge in [-0.2, -0.15) is 0 Å². The van der Waals surface area contributed by atoms with E-state index >= 15 is 0 Å². The predicted octanol–water partition coefficient (Wildman–Crippen LogP) is 2.24. The Bertz CT molecular complexity index is 420. The van der Waals surface area contributed by atoms with Crippen LogP contribution >= 0.6 is 0 Å². The highest BCUT2D eigenvalue weighted by Crippen LogP contribution is 2.23. The van der Waals surface area contributed by atoms with Crippen molar-refractivity contribution >= 4 is 12.0 Å². The van der Waals surface area contributed by atoms with Gasteiger partial charge in [0.1, 0.15) is 5.60 Å². The lowest BCUT2D eigenvalue weighted by atomic mass is 9.89. The van der Waals surface area contributed by atoms with Crippen LogP contribution in [0.2, 0.25) is 0 Å². The van der Waals surface area contributed by atoms with Crippen LogP contribution in [0.15, 0.2) is 0 Å². The molecule has 2 rings (SSSR count). The molecule has 0 spiro atoms. The molecule has 1 aliphatic carbocycles. The molecule has 138 valence electrons. The maximum absolute atomic E-state index is 12.1. The molecule has 0 bridgehead atoms. The first-order valence-corrected chi connectivity index (χ1v) is 9.33. The molecule has 0 aromatic rings. The third kappa shape index (κ3) is 6.30. The van der Waals surface area contributed by atoms with Crippen molar-refractivity contribution in [1.82, 2.24) is 15.1 Å². The number of hydrogen-bond acceptors (Lipinski definition) is 4. The third-order valence-electron chi connectivity index (χ3n) is 4.73. The van der Waals surface area contributed by atoms with E-state index in [0.29, 0.717) is 19.6 Å². The fourth-order valence-corrected chi connectivity index (χ4v) is 3.33. The minimum atomic E-state index is -0.447. The van der Waals surface area contributed by atoms with Crippen molar-refractivity contribution in [2.75, 3.05) is 39.3 Å². The van der Waals surface area contributed by atoms with E-state index in [-0.39, 0.29) is 17.9 Å². The zero-order valence-electron chi connectivity index (χ0n) is 15.5. The monoisotopic (exact) mass is 339 g/mol. The first kappa shape index (κ1) is 19.0. The molecule has 1 aliphatic heterocycles. The first-order chi connectivity index (χ1) is 11.3. The minimum absolute atomic E-state index is 0.224. The Balaban J connectivity index is 1.61. The number of rotatable bonds is 4. The number of nitrogens with zero attached hydrogens (tertiary/aromatic N) is 2. The van der Waals surface area contributed by atoms with Crippen LogP contribution in [-0.2, 0) is 9.53 Å². The van der Waals surface area contributed by atoms with Gasteiger partial charge in [0.25, 0.3) is 0 Å². The molecule has 1 saturated heterocycles. The lowest BCUT2D eigenvalue weighted by molar-refractivity contribution is -0.125. The highest BCUT2D eigenvalue weighted by atomic mass is 16.6. The molecule has 0 aromatic carbocycles. The summed E-state index contributed by atoms with van der Waals surface area (Å²) in [5.41, 5.74) is -0.447. The van der Waals surface area contributed by atoms with Gasteiger partial charge in [0.15, 0.2) is 0 Å². The van der Waals surface area contributed by atoms with Gasteiger partial charge in [-0.15, -0.1) is 0 Å². The van der Waals surface area contributed by atoms with Crippen LogP contribution in [0, 0.1) is 5.92 Å². The summed E-state index contributed by atoms with van der Waals surface area (Å²) in [6.45, 7) is 10.2. The molecule has 0 unspecified atom stereocenters. The Kier molecular flexibility index (Phi) is 6.90. The normalized spacial score (nSPS) is 20.7. The van der Waals surface area contributed by atoms with Crippen molar-refractivity contribution in [2.45, 2.75) is 58.5 Å². The van der Waals surface area contributed by atoms with Gasteiger partial charge in [0, 0.05) is 45.2 Å². The largest absolute Gasteiger partial charge is 0.444 e. The van der Waals surface area contributed by atoms with Crippen molar-refractivity contribution in [3.8, 4) is 0 Å². The van der Waals surface area contributed by atoms with Crippen molar-refractivity contribution in [1.29, 1.82) is 0 Å². The van der Waals surface area contributed by atoms with Gasteiger partial charge in [-0.25, -0.2) is 4.79 Å². The number of ether oxygens (including phenoxy) is 1. The van der Waals surface area contributed by atoms with Gasteiger partial charge < -0.3 is 15.0 Å². The molecule has 1 saturated carbocycles. The Hall–Kier alpha value is -1.30. The number of carbonyl (C=O) groups is 2. The highest BCUT2D eigenvalue weighted by Gasteiger charge is 2.26. The number of nitrogens with one attached hydrogen (secondary N) is 1. The molecule has 2 aliphatic rings. The van der Waals surface area contributed by atoms with Crippen LogP contribution in [0.3, 0.4) is 0 Å². The standard InChI is InChI=1S/C18H33N3O3/c1-18(2,3)24-17(23)21-13-11-20(12-14-21)10-9-19-16(22)15-7-5-4-6-8-15/h15H,4-14H2,1-3H3,(H,19,22). The Morgan fingerprint density at radius 2 is 1.67 bits per heavy atom. The van der Waals surface area contributed by atoms with Gasteiger partial charge in [0.05, 0.1) is 0 Å². The second-order valence-corrected chi connectivity index (χ2v) is 7.93. The molecular formula is C18H33N3O3. The van der Waals surface area contributed by atoms with Crippen LogP contribution in [-0.4, -0.2) is 66.7 Å². The maximum Gasteiger partial charge on any atom is 0.410 e. The number of amides is 2. The topological polar surface area (TPSA) is 61.9 Å². The van der Waals surface area contributed by atoms with Crippen LogP contribution in [0.1, 0.15) is 52.9 Å². The van der Waals surface area contributed by atoms with Crippen LogP contribution in [0.25, 0.3) is 0 Å². The van der Waals surface area contributed by atoms with Crippen molar-refractivity contribution in [2.24, 2.45) is 5.92 Å². The van der Waals surface area contributed by atoms with E-state index in [2.05, 4.69) is 10.2 Å². The lowest BCUT2D eigenvalue weighted by Crippen LogP contribution is -2.51. The molecular weight excluding hydrogens is 306 g/mol. The van der Waals surface area contributed by atoms with Gasteiger partial charge in [-0.1, -0.05) is 19.3 Å². The molecule has 6 heteroatoms. The summed E-state index contributed by atoms with van der Waals surface area (Å²) in [5.74, 6) is 0.449. The molecule has 2 fully saturated rings. The van der Waals surface area contributed by atoms with Crippen molar-refractivity contribution < 1.29 is 14.3 Å². The Labute approximate surface area is 145 Å². The van der Waals surface area contributed by atoms with Crippen molar-refractivity contribution in [3.05, 3.63) is 0 Å². The molecule has 0 radical (unpaired) electrons. The Morgan fingerprint density at radius 3 is 2.25 bits per heavy atom. The molecule has 0 atom stereocenters. The SMILES string of the molecule is CC(C)(C)OC(=O)N1CCN(CCNC(=O)C2CCCCC2)CC1. The van der Waals surface area contributed by atoms with Gasteiger partial charge >= 0.3 is 6.09 Å². The smallest absolute Gasteiger partial charge is 0.410 e. The van der Waals surface area contributed by atoms with E-state index in [1.54, 1.807) is 4.90 Å². The van der Waals surface area contributed by atoms with Gasteiger partial charge in [-0.3, -0.25) is 9.69 Å². The predicted molar refractivity (Wildman–Crippen MR) is 93.8 cm³/mol. The Morgan fingerprint density at radius 1 is 1.04 bits per heavy atom. The number of hydrogen-bond donors (Lipinski definition) is 1. The molecule has 0 aromatic heterocycles. The molecule has 2 amide bonds. The summed E-state index contributed by atoms with van der Waals surface area (Å²) in [4.78, 5) is 28.2. The molecule has 24 heavy (non-hydrogen) atoms. The summed E-state index contributed by atoms with van der Waals surface area (Å²) in [7, 11) is 0. The summed E-state index contributed by atoms with van der Waals surface area (Å²) < 4.78 is 5.40. The number of carbonyl (C=O) groups excluding carboxylic acids is 2. The molecule has 6 nitrogen and oxygen atoms in total. The maximum atomic E-state index is 12.1. The van der Waals surface area contributed by atoms with Crippen molar-refractivity contribution in [3.63, 3.8) is 0 Å². The number of piperazine rings is 1. The fourth-order valence-electron chi connectivity index (χ4n) is 3.33. The summed E-state index contributed by atoms with van der Waals surface area (Å²) >= 11 is 0. The zero-order valence-corrected chi connectivity index (χ0v) is 15.5. The second-order valence-electron chi connectivity index (χ2n) is 7.93. The van der Waals surface area contributed by atoms with E-state index in [1.165, 1.54) is 19.3 Å². The van der Waals surface area contributed by atoms with E-state index in [0.717, 1.165) is 32.5 Å². The zero-order chi connectivity index (χ0) is 17.6. The average Bonchev–Trinajstić information content (AvgIpc) is 2.54. The van der Waals surface area contributed by atoms with Gasteiger partial charge in [0.2, 0.25) is 5.91 Å². The lowest BCUT2D eigenvalue weighted by Gasteiger charge is -2.35. The van der Waals surface area contributed by atoms with E-state index in [9.17, 15) is 9.59 Å². The van der Waals surface area contributed by atoms with Gasteiger partial charge in [-0.05, 0) is 33.6 Å². The minimum Gasteiger partial charge on any atom is -0.444 e. The molecule has 1 heterocycles. The van der Waals surface area contributed by atoms with E-state index in [4.69, 9.17) is 4.74 Å².